The van der Waals surface area contributed by atoms with Gasteiger partial charge in [-0.3, -0.25) is 11.3 Å². The summed E-state index contributed by atoms with van der Waals surface area (Å²) in [6.45, 7) is 0.834. The van der Waals surface area contributed by atoms with E-state index in [-0.39, 0.29) is 6.04 Å². The van der Waals surface area contributed by atoms with E-state index in [9.17, 15) is 0 Å². The number of imidazole rings is 1. The molecule has 3 aromatic rings. The third-order valence-corrected chi connectivity index (χ3v) is 4.27. The standard InChI is InChI=1S/C15H18N4S/c16-18-13(6-5-12-7-8-20-10-12)9-19-11-17-14-3-1-2-4-15(14)19/h1-4,7-8,10-11,13,18H,5-6,9,16H2. The van der Waals surface area contributed by atoms with E-state index in [2.05, 4.69) is 37.9 Å². The van der Waals surface area contributed by atoms with Crippen molar-refractivity contribution in [2.75, 3.05) is 0 Å². The second kappa shape index (κ2) is 6.17. The molecule has 0 aliphatic carbocycles. The lowest BCUT2D eigenvalue weighted by atomic mass is 10.1. The van der Waals surface area contributed by atoms with Crippen LogP contribution in [0.1, 0.15) is 12.0 Å². The van der Waals surface area contributed by atoms with Crippen molar-refractivity contribution in [3.8, 4) is 0 Å². The van der Waals surface area contributed by atoms with Gasteiger partial charge in [-0.25, -0.2) is 4.98 Å². The number of nitrogens with one attached hydrogen (secondary N) is 1. The highest BCUT2D eigenvalue weighted by Gasteiger charge is 2.10. The topological polar surface area (TPSA) is 55.9 Å². The Morgan fingerprint density at radius 3 is 3.00 bits per heavy atom. The van der Waals surface area contributed by atoms with Crippen LogP contribution in [-0.4, -0.2) is 15.6 Å². The van der Waals surface area contributed by atoms with E-state index in [4.69, 9.17) is 5.84 Å². The molecule has 2 heterocycles. The molecule has 0 spiro atoms. The summed E-state index contributed by atoms with van der Waals surface area (Å²) in [4.78, 5) is 4.41. The molecule has 0 fully saturated rings. The normalized spacial score (nSPS) is 12.8. The summed E-state index contributed by atoms with van der Waals surface area (Å²) in [7, 11) is 0. The molecular formula is C15H18N4S. The lowest BCUT2D eigenvalue weighted by molar-refractivity contribution is 0.437. The average molecular weight is 286 g/mol. The second-order valence-electron chi connectivity index (χ2n) is 4.92. The van der Waals surface area contributed by atoms with Crippen molar-refractivity contribution in [3.05, 3.63) is 53.0 Å². The summed E-state index contributed by atoms with van der Waals surface area (Å²) >= 11 is 1.74. The number of benzene rings is 1. The van der Waals surface area contributed by atoms with Gasteiger partial charge >= 0.3 is 0 Å². The highest BCUT2D eigenvalue weighted by atomic mass is 32.1. The fourth-order valence-electron chi connectivity index (χ4n) is 2.40. The molecule has 3 N–H and O–H groups in total. The minimum atomic E-state index is 0.243. The number of thiophene rings is 1. The van der Waals surface area contributed by atoms with Crippen molar-refractivity contribution in [1.29, 1.82) is 0 Å². The molecule has 20 heavy (non-hydrogen) atoms. The van der Waals surface area contributed by atoms with E-state index in [0.29, 0.717) is 0 Å². The highest BCUT2D eigenvalue weighted by molar-refractivity contribution is 7.07. The first-order chi connectivity index (χ1) is 9.86. The Morgan fingerprint density at radius 1 is 1.30 bits per heavy atom. The van der Waals surface area contributed by atoms with E-state index in [1.807, 2.05) is 24.5 Å². The van der Waals surface area contributed by atoms with Gasteiger partial charge in [0.1, 0.15) is 0 Å². The van der Waals surface area contributed by atoms with Gasteiger partial charge in [0.25, 0.3) is 0 Å². The molecule has 2 aromatic heterocycles. The van der Waals surface area contributed by atoms with E-state index in [1.165, 1.54) is 5.56 Å². The average Bonchev–Trinajstić information content (AvgIpc) is 3.13. The third kappa shape index (κ3) is 2.90. The summed E-state index contributed by atoms with van der Waals surface area (Å²) in [5.74, 6) is 5.69. The number of fused-ring (bicyclic) bond motifs is 1. The first-order valence-electron chi connectivity index (χ1n) is 6.74. The number of hydrazine groups is 1. The highest BCUT2D eigenvalue weighted by Crippen LogP contribution is 2.14. The van der Waals surface area contributed by atoms with Crippen molar-refractivity contribution in [3.63, 3.8) is 0 Å². The second-order valence-corrected chi connectivity index (χ2v) is 5.70. The minimum absolute atomic E-state index is 0.243. The van der Waals surface area contributed by atoms with Crippen molar-refractivity contribution in [2.24, 2.45) is 5.84 Å². The predicted molar refractivity (Wildman–Crippen MR) is 83.5 cm³/mol. The summed E-state index contributed by atoms with van der Waals surface area (Å²) in [5, 5.41) is 4.31. The molecule has 1 aromatic carbocycles. The smallest absolute Gasteiger partial charge is 0.0958 e. The molecule has 0 saturated heterocycles. The van der Waals surface area contributed by atoms with Gasteiger partial charge in [0.2, 0.25) is 0 Å². The van der Waals surface area contributed by atoms with Gasteiger partial charge in [-0.2, -0.15) is 11.3 Å². The summed E-state index contributed by atoms with van der Waals surface area (Å²) in [6.07, 6.45) is 3.95. The minimum Gasteiger partial charge on any atom is -0.329 e. The molecule has 1 unspecified atom stereocenters. The SMILES string of the molecule is NNC(CCc1ccsc1)Cn1cnc2ccccc21. The summed E-state index contributed by atoms with van der Waals surface area (Å²) in [6, 6.07) is 10.6. The Hall–Kier alpha value is -1.69. The molecular weight excluding hydrogens is 268 g/mol. The zero-order valence-corrected chi connectivity index (χ0v) is 12.0. The van der Waals surface area contributed by atoms with Gasteiger partial charge in [0.05, 0.1) is 17.4 Å². The van der Waals surface area contributed by atoms with Crippen LogP contribution < -0.4 is 11.3 Å². The molecule has 1 atom stereocenters. The number of nitrogens with two attached hydrogens (primary N) is 1. The van der Waals surface area contributed by atoms with Gasteiger partial charge in [0, 0.05) is 12.6 Å². The van der Waals surface area contributed by atoms with Gasteiger partial charge < -0.3 is 4.57 Å². The maximum Gasteiger partial charge on any atom is 0.0958 e. The Bertz CT molecular complexity index is 659. The lowest BCUT2D eigenvalue weighted by Crippen LogP contribution is -2.38. The van der Waals surface area contributed by atoms with Crippen LogP contribution in [0.3, 0.4) is 0 Å². The lowest BCUT2D eigenvalue weighted by Gasteiger charge is -2.16. The van der Waals surface area contributed by atoms with Gasteiger partial charge in [0.15, 0.2) is 0 Å². The van der Waals surface area contributed by atoms with Crippen molar-refractivity contribution in [1.82, 2.24) is 15.0 Å². The van der Waals surface area contributed by atoms with Crippen LogP contribution >= 0.6 is 11.3 Å². The number of aromatic nitrogens is 2. The predicted octanol–water partition coefficient (Wildman–Crippen LogP) is 2.56. The zero-order chi connectivity index (χ0) is 13.8. The van der Waals surface area contributed by atoms with Gasteiger partial charge in [-0.05, 0) is 47.4 Å². The first kappa shape index (κ1) is 13.3. The number of hydrogen-bond acceptors (Lipinski definition) is 4. The van der Waals surface area contributed by atoms with Crippen LogP contribution in [0.4, 0.5) is 0 Å². The number of aryl methyl sites for hydroxylation is 1. The van der Waals surface area contributed by atoms with E-state index < -0.39 is 0 Å². The van der Waals surface area contributed by atoms with E-state index in [1.54, 1.807) is 11.3 Å². The Kier molecular flexibility index (Phi) is 4.11. The molecule has 0 radical (unpaired) electrons. The maximum absolute atomic E-state index is 5.69. The zero-order valence-electron chi connectivity index (χ0n) is 11.2. The fourth-order valence-corrected chi connectivity index (χ4v) is 3.10. The summed E-state index contributed by atoms with van der Waals surface area (Å²) in [5.41, 5.74) is 6.49. The molecule has 0 aliphatic heterocycles. The maximum atomic E-state index is 5.69. The molecule has 4 nitrogen and oxygen atoms in total. The van der Waals surface area contributed by atoms with Crippen molar-refractivity contribution in [2.45, 2.75) is 25.4 Å². The quantitative estimate of drug-likeness (QED) is 0.541. The molecule has 5 heteroatoms. The molecule has 3 rings (SSSR count). The van der Waals surface area contributed by atoms with Gasteiger partial charge in [-0.1, -0.05) is 12.1 Å². The third-order valence-electron chi connectivity index (χ3n) is 3.54. The molecule has 0 aliphatic rings. The van der Waals surface area contributed by atoms with Gasteiger partial charge in [-0.15, -0.1) is 0 Å². The van der Waals surface area contributed by atoms with Crippen LogP contribution in [-0.2, 0) is 13.0 Å². The Balaban J connectivity index is 1.68. The van der Waals surface area contributed by atoms with Crippen LogP contribution in [0.5, 0.6) is 0 Å². The number of nitrogens with zero attached hydrogens (tertiary/aromatic N) is 2. The van der Waals surface area contributed by atoms with Crippen LogP contribution in [0.2, 0.25) is 0 Å². The van der Waals surface area contributed by atoms with E-state index in [0.717, 1.165) is 30.4 Å². The molecule has 104 valence electrons. The van der Waals surface area contributed by atoms with Crippen LogP contribution in [0.25, 0.3) is 11.0 Å². The number of rotatable bonds is 6. The monoisotopic (exact) mass is 286 g/mol. The Morgan fingerprint density at radius 2 is 2.20 bits per heavy atom. The Labute approximate surface area is 122 Å². The van der Waals surface area contributed by atoms with Crippen LogP contribution in [0, 0.1) is 0 Å². The van der Waals surface area contributed by atoms with E-state index >= 15 is 0 Å². The fraction of sp³-hybridized carbons (Fsp3) is 0.267. The van der Waals surface area contributed by atoms with Crippen molar-refractivity contribution >= 4 is 22.4 Å². The molecule has 0 amide bonds. The molecule has 0 bridgehead atoms. The first-order valence-corrected chi connectivity index (χ1v) is 7.68. The summed E-state index contributed by atoms with van der Waals surface area (Å²) < 4.78 is 2.16. The van der Waals surface area contributed by atoms with Crippen molar-refractivity contribution < 1.29 is 0 Å². The van der Waals surface area contributed by atoms with Crippen LogP contribution in [0.15, 0.2) is 47.4 Å². The number of hydrogen-bond donors (Lipinski definition) is 2. The molecule has 0 saturated carbocycles. The largest absolute Gasteiger partial charge is 0.329 e. The number of para-hydroxylation sites is 2.